The zero-order valence-electron chi connectivity index (χ0n) is 8.14. The molecule has 0 fully saturated rings. The second-order valence-electron chi connectivity index (χ2n) is 1.92. The Hall–Kier alpha value is -1.57. The maximum absolute atomic E-state index is 3.60. The topological polar surface area (TPSA) is 28.7 Å². The van der Waals surface area contributed by atoms with Crippen molar-refractivity contribution in [2.45, 2.75) is 13.8 Å². The fourth-order valence-corrected chi connectivity index (χ4v) is 0.600. The van der Waals surface area contributed by atoms with E-state index in [4.69, 9.17) is 0 Å². The van der Waals surface area contributed by atoms with Crippen molar-refractivity contribution >= 4 is 0 Å². The van der Waals surface area contributed by atoms with Gasteiger partial charge in [0.15, 0.2) is 0 Å². The van der Waals surface area contributed by atoms with E-state index in [1.165, 1.54) is 0 Å². The molecule has 2 aromatic rings. The Morgan fingerprint density at radius 3 is 1.38 bits per heavy atom. The van der Waals surface area contributed by atoms with E-state index in [9.17, 15) is 0 Å². The van der Waals surface area contributed by atoms with Gasteiger partial charge in [-0.15, -0.1) is 0 Å². The Balaban J connectivity index is 0.000000189. The highest BCUT2D eigenvalue weighted by Gasteiger charge is 1.58. The largest absolute Gasteiger partial charge is 0.286 e. The molecule has 1 aromatic heterocycles. The third kappa shape index (κ3) is 8.34. The lowest BCUT2D eigenvalue weighted by Crippen LogP contribution is -1.53. The zero-order valence-corrected chi connectivity index (χ0v) is 8.14. The summed E-state index contributed by atoms with van der Waals surface area (Å²) in [7, 11) is 0. The number of benzene rings is 1. The van der Waals surface area contributed by atoms with Gasteiger partial charge in [0.2, 0.25) is 0 Å². The van der Waals surface area contributed by atoms with Crippen LogP contribution >= 0.6 is 0 Å². The molecule has 1 heterocycles. The third-order valence-corrected chi connectivity index (χ3v) is 1.07. The lowest BCUT2D eigenvalue weighted by atomic mass is 10.4. The molecule has 2 rings (SSSR count). The van der Waals surface area contributed by atoms with Gasteiger partial charge in [-0.1, -0.05) is 50.2 Å². The van der Waals surface area contributed by atoms with Crippen LogP contribution in [0.15, 0.2) is 54.9 Å². The average Bonchev–Trinajstić information content (AvgIpc) is 2.82. The van der Waals surface area contributed by atoms with Crippen molar-refractivity contribution in [3.8, 4) is 0 Å². The van der Waals surface area contributed by atoms with E-state index >= 15 is 0 Å². The van der Waals surface area contributed by atoms with Crippen molar-refractivity contribution in [1.29, 1.82) is 0 Å². The van der Waals surface area contributed by atoms with Crippen LogP contribution in [0.4, 0.5) is 0 Å². The number of aromatic nitrogens is 2. The Morgan fingerprint density at radius 2 is 1.23 bits per heavy atom. The Labute approximate surface area is 79.6 Å². The van der Waals surface area contributed by atoms with Crippen LogP contribution in [0.3, 0.4) is 0 Å². The average molecular weight is 176 g/mol. The lowest BCUT2D eigenvalue weighted by Gasteiger charge is -1.69. The minimum absolute atomic E-state index is 1.69. The van der Waals surface area contributed by atoms with Crippen molar-refractivity contribution in [3.63, 3.8) is 0 Å². The van der Waals surface area contributed by atoms with Crippen LogP contribution in [-0.4, -0.2) is 10.2 Å². The van der Waals surface area contributed by atoms with E-state index in [1.54, 1.807) is 12.4 Å². The van der Waals surface area contributed by atoms with Crippen LogP contribution in [0, 0.1) is 0 Å². The SMILES string of the molecule is CC.c1ccccc1.c1cn[nH]c1. The highest BCUT2D eigenvalue weighted by molar-refractivity contribution is 4.99. The molecule has 1 N–H and O–H groups in total. The first-order chi connectivity index (χ1) is 6.50. The molecule has 0 bridgehead atoms. The molecule has 0 unspecified atom stereocenters. The molecule has 0 saturated heterocycles. The Bertz CT molecular complexity index is 194. The van der Waals surface area contributed by atoms with Gasteiger partial charge in [0.1, 0.15) is 0 Å². The summed E-state index contributed by atoms with van der Waals surface area (Å²) in [6.45, 7) is 4.00. The molecule has 0 amide bonds. The first-order valence-electron chi connectivity index (χ1n) is 4.44. The van der Waals surface area contributed by atoms with Gasteiger partial charge < -0.3 is 0 Å². The zero-order chi connectivity index (χ0) is 9.78. The summed E-state index contributed by atoms with van der Waals surface area (Å²) in [5, 5.41) is 6.21. The molecule has 1 aromatic carbocycles. The van der Waals surface area contributed by atoms with Crippen LogP contribution in [0.1, 0.15) is 13.8 Å². The molecule has 0 aliphatic heterocycles. The van der Waals surface area contributed by atoms with E-state index in [2.05, 4.69) is 10.2 Å². The summed E-state index contributed by atoms with van der Waals surface area (Å²) >= 11 is 0. The number of aromatic amines is 1. The Kier molecular flexibility index (Phi) is 9.17. The molecule has 2 heteroatoms. The van der Waals surface area contributed by atoms with Gasteiger partial charge in [0.25, 0.3) is 0 Å². The van der Waals surface area contributed by atoms with Crippen molar-refractivity contribution in [2.75, 3.05) is 0 Å². The second kappa shape index (κ2) is 10.4. The highest BCUT2D eigenvalue weighted by atomic mass is 15.1. The molecule has 0 aliphatic carbocycles. The normalized spacial score (nSPS) is 7.23. The molecule has 0 spiro atoms. The maximum Gasteiger partial charge on any atom is 0.0487 e. The number of hydrogen-bond donors (Lipinski definition) is 1. The monoisotopic (exact) mass is 176 g/mol. The van der Waals surface area contributed by atoms with Crippen LogP contribution in [0.25, 0.3) is 0 Å². The molecule has 0 radical (unpaired) electrons. The van der Waals surface area contributed by atoms with Crippen molar-refractivity contribution in [1.82, 2.24) is 10.2 Å². The summed E-state index contributed by atoms with van der Waals surface area (Å²) in [6.07, 6.45) is 3.46. The van der Waals surface area contributed by atoms with Crippen molar-refractivity contribution in [2.24, 2.45) is 0 Å². The van der Waals surface area contributed by atoms with Gasteiger partial charge >= 0.3 is 0 Å². The fraction of sp³-hybridized carbons (Fsp3) is 0.182. The number of nitrogens with one attached hydrogen (secondary N) is 1. The van der Waals surface area contributed by atoms with Gasteiger partial charge in [0, 0.05) is 12.4 Å². The van der Waals surface area contributed by atoms with E-state index < -0.39 is 0 Å². The number of hydrogen-bond acceptors (Lipinski definition) is 1. The summed E-state index contributed by atoms with van der Waals surface area (Å²) in [4.78, 5) is 0. The predicted molar refractivity (Wildman–Crippen MR) is 56.4 cm³/mol. The second-order valence-corrected chi connectivity index (χ2v) is 1.92. The van der Waals surface area contributed by atoms with E-state index in [0.29, 0.717) is 0 Å². The molecule has 70 valence electrons. The number of rotatable bonds is 0. The summed E-state index contributed by atoms with van der Waals surface area (Å²) in [5.41, 5.74) is 0. The standard InChI is InChI=1S/C6H6.C3H4N2.C2H6/c1-2-4-6-5-3-1;1-2-4-5-3-1;1-2/h1-6H;1-3H,(H,4,5);1-2H3. The minimum Gasteiger partial charge on any atom is -0.286 e. The maximum atomic E-state index is 3.60. The molecular weight excluding hydrogens is 160 g/mol. The molecule has 0 aliphatic rings. The van der Waals surface area contributed by atoms with Gasteiger partial charge in [0.05, 0.1) is 0 Å². The molecule has 2 nitrogen and oxygen atoms in total. The van der Waals surface area contributed by atoms with Crippen LogP contribution < -0.4 is 0 Å². The smallest absolute Gasteiger partial charge is 0.0487 e. The first kappa shape index (κ1) is 11.4. The van der Waals surface area contributed by atoms with Crippen molar-refractivity contribution < 1.29 is 0 Å². The van der Waals surface area contributed by atoms with E-state index in [-0.39, 0.29) is 0 Å². The lowest BCUT2D eigenvalue weighted by molar-refractivity contribution is 1.09. The molecular formula is C11H16N2. The summed E-state index contributed by atoms with van der Waals surface area (Å²) in [5.74, 6) is 0. The number of nitrogens with zero attached hydrogens (tertiary/aromatic N) is 1. The van der Waals surface area contributed by atoms with Gasteiger partial charge in [-0.2, -0.15) is 5.10 Å². The third-order valence-electron chi connectivity index (χ3n) is 1.07. The number of H-pyrrole nitrogens is 1. The van der Waals surface area contributed by atoms with Crippen LogP contribution in [-0.2, 0) is 0 Å². The van der Waals surface area contributed by atoms with Gasteiger partial charge in [-0.3, -0.25) is 5.10 Å². The van der Waals surface area contributed by atoms with E-state index in [0.717, 1.165) is 0 Å². The minimum atomic E-state index is 1.69. The molecule has 0 saturated carbocycles. The Morgan fingerprint density at radius 1 is 0.769 bits per heavy atom. The fourth-order valence-electron chi connectivity index (χ4n) is 0.600. The molecule has 0 atom stereocenters. The summed E-state index contributed by atoms with van der Waals surface area (Å²) in [6, 6.07) is 13.8. The van der Waals surface area contributed by atoms with E-state index in [1.807, 2.05) is 56.3 Å². The quantitative estimate of drug-likeness (QED) is 0.656. The molecule has 13 heavy (non-hydrogen) atoms. The van der Waals surface area contributed by atoms with Crippen LogP contribution in [0.5, 0.6) is 0 Å². The van der Waals surface area contributed by atoms with Crippen molar-refractivity contribution in [3.05, 3.63) is 54.9 Å². The predicted octanol–water partition coefficient (Wildman–Crippen LogP) is 3.12. The first-order valence-corrected chi connectivity index (χ1v) is 4.44. The van der Waals surface area contributed by atoms with Gasteiger partial charge in [-0.05, 0) is 6.07 Å². The highest BCUT2D eigenvalue weighted by Crippen LogP contribution is 1.79. The van der Waals surface area contributed by atoms with Crippen LogP contribution in [0.2, 0.25) is 0 Å². The van der Waals surface area contributed by atoms with Gasteiger partial charge in [-0.25, -0.2) is 0 Å². The summed E-state index contributed by atoms with van der Waals surface area (Å²) < 4.78 is 0.